The highest BCUT2D eigenvalue weighted by Crippen LogP contribution is 2.29. The Morgan fingerprint density at radius 2 is 1.88 bits per heavy atom. The molecule has 8 heteroatoms. The molecule has 0 fully saturated rings. The van der Waals surface area contributed by atoms with Crippen LogP contribution in [0.4, 0.5) is 0 Å². The summed E-state index contributed by atoms with van der Waals surface area (Å²) < 4.78 is 2.08. The van der Waals surface area contributed by atoms with Crippen LogP contribution in [0.1, 0.15) is 51.0 Å². The lowest BCUT2D eigenvalue weighted by atomic mass is 10.0. The predicted molar refractivity (Wildman–Crippen MR) is 124 cm³/mol. The summed E-state index contributed by atoms with van der Waals surface area (Å²) >= 11 is 0. The van der Waals surface area contributed by atoms with Crippen LogP contribution in [0, 0.1) is 5.92 Å². The maximum atomic E-state index is 4.80. The minimum atomic E-state index is 0.550. The quantitative estimate of drug-likeness (QED) is 0.403. The highest BCUT2D eigenvalue weighted by atomic mass is 15.5. The first-order valence-electron chi connectivity index (χ1n) is 11.3. The molecule has 1 N–H and O–H groups in total. The highest BCUT2D eigenvalue weighted by Gasteiger charge is 2.13. The second-order valence-electron chi connectivity index (χ2n) is 8.44. The maximum absolute atomic E-state index is 4.80. The third-order valence-electron chi connectivity index (χ3n) is 5.37. The van der Waals surface area contributed by atoms with E-state index in [1.807, 2.05) is 30.5 Å². The van der Waals surface area contributed by atoms with Crippen molar-refractivity contribution in [3.05, 3.63) is 59.9 Å². The predicted octanol–water partition coefficient (Wildman–Crippen LogP) is 4.30. The number of hydrogen-bond acceptors (Lipinski definition) is 6. The molecule has 166 valence electrons. The molecular formula is C24H30N8. The van der Waals surface area contributed by atoms with Crippen LogP contribution in [0.25, 0.3) is 22.5 Å². The van der Waals surface area contributed by atoms with Gasteiger partial charge < -0.3 is 0 Å². The van der Waals surface area contributed by atoms with Gasteiger partial charge >= 0.3 is 0 Å². The Morgan fingerprint density at radius 1 is 1.03 bits per heavy atom. The van der Waals surface area contributed by atoms with Crippen LogP contribution >= 0.6 is 0 Å². The lowest BCUT2D eigenvalue weighted by Gasteiger charge is -2.08. The minimum Gasteiger partial charge on any atom is -0.261 e. The van der Waals surface area contributed by atoms with Crippen LogP contribution in [-0.2, 0) is 25.8 Å². The third kappa shape index (κ3) is 5.25. The number of pyridine rings is 1. The maximum Gasteiger partial charge on any atom is 0.205 e. The van der Waals surface area contributed by atoms with Gasteiger partial charge in [0.15, 0.2) is 5.82 Å². The van der Waals surface area contributed by atoms with E-state index in [9.17, 15) is 0 Å². The Morgan fingerprint density at radius 3 is 2.56 bits per heavy atom. The number of aromatic amines is 1. The summed E-state index contributed by atoms with van der Waals surface area (Å²) in [4.78, 5) is 9.51. The van der Waals surface area contributed by atoms with Crippen LogP contribution in [0.2, 0.25) is 0 Å². The van der Waals surface area contributed by atoms with Crippen molar-refractivity contribution in [1.29, 1.82) is 0 Å². The zero-order chi connectivity index (χ0) is 22.3. The summed E-state index contributed by atoms with van der Waals surface area (Å²) in [5, 5.41) is 19.2. The van der Waals surface area contributed by atoms with Gasteiger partial charge in [0.05, 0.1) is 0 Å². The van der Waals surface area contributed by atoms with E-state index >= 15 is 0 Å². The Balaban J connectivity index is 1.48. The Labute approximate surface area is 188 Å². The first-order valence-corrected chi connectivity index (χ1v) is 11.3. The number of nitrogens with one attached hydrogen (secondary N) is 1. The Bertz CT molecular complexity index is 1110. The standard InChI is InChI=1S/C24H30N8/c1-4-5-10-23-26-22(15-17(2)3)29-32(23)14-13-19-12-11-18(16-25-19)20-8-6-7-9-21(20)24-27-30-31-28-24/h6-9,11-12,16-17H,4-5,10,13-15H2,1-3H3,(H,27,28,30,31). The second-order valence-corrected chi connectivity index (χ2v) is 8.44. The molecule has 0 aliphatic heterocycles. The molecule has 0 radical (unpaired) electrons. The number of aryl methyl sites for hydroxylation is 3. The monoisotopic (exact) mass is 430 g/mol. The molecule has 0 saturated heterocycles. The van der Waals surface area contributed by atoms with Gasteiger partial charge in [-0.25, -0.2) is 9.67 Å². The molecule has 0 bridgehead atoms. The van der Waals surface area contributed by atoms with E-state index in [-0.39, 0.29) is 0 Å². The van der Waals surface area contributed by atoms with E-state index in [1.165, 1.54) is 0 Å². The van der Waals surface area contributed by atoms with Crippen molar-refractivity contribution >= 4 is 0 Å². The van der Waals surface area contributed by atoms with Crippen molar-refractivity contribution in [3.63, 3.8) is 0 Å². The van der Waals surface area contributed by atoms with E-state index in [2.05, 4.69) is 58.2 Å². The summed E-state index contributed by atoms with van der Waals surface area (Å²) in [7, 11) is 0. The summed E-state index contributed by atoms with van der Waals surface area (Å²) in [5.41, 5.74) is 4.02. The van der Waals surface area contributed by atoms with Gasteiger partial charge in [0.2, 0.25) is 5.82 Å². The average molecular weight is 431 g/mol. The van der Waals surface area contributed by atoms with Gasteiger partial charge in [0.25, 0.3) is 0 Å². The molecule has 0 spiro atoms. The molecule has 0 aliphatic carbocycles. The molecule has 0 atom stereocenters. The first-order chi connectivity index (χ1) is 15.6. The van der Waals surface area contributed by atoms with Crippen LogP contribution in [-0.4, -0.2) is 40.4 Å². The molecule has 4 rings (SSSR count). The van der Waals surface area contributed by atoms with Gasteiger partial charge in [-0.15, -0.1) is 10.2 Å². The van der Waals surface area contributed by atoms with Gasteiger partial charge in [-0.05, 0) is 29.2 Å². The summed E-state index contributed by atoms with van der Waals surface area (Å²) in [5.74, 6) is 3.17. The molecule has 3 heterocycles. The molecule has 32 heavy (non-hydrogen) atoms. The van der Waals surface area contributed by atoms with Crippen LogP contribution in [0.15, 0.2) is 42.6 Å². The van der Waals surface area contributed by atoms with Crippen LogP contribution in [0.5, 0.6) is 0 Å². The molecule has 0 unspecified atom stereocenters. The largest absolute Gasteiger partial charge is 0.261 e. The lowest BCUT2D eigenvalue weighted by Crippen LogP contribution is -2.09. The normalized spacial score (nSPS) is 11.4. The van der Waals surface area contributed by atoms with Gasteiger partial charge in [-0.1, -0.05) is 57.5 Å². The topological polar surface area (TPSA) is 98.1 Å². The van der Waals surface area contributed by atoms with Gasteiger partial charge in [-0.3, -0.25) is 4.98 Å². The Kier molecular flexibility index (Phi) is 6.99. The highest BCUT2D eigenvalue weighted by molar-refractivity contribution is 5.79. The van der Waals surface area contributed by atoms with Crippen molar-refractivity contribution in [1.82, 2.24) is 40.4 Å². The van der Waals surface area contributed by atoms with E-state index in [0.717, 1.165) is 72.7 Å². The van der Waals surface area contributed by atoms with Crippen molar-refractivity contribution in [2.45, 2.75) is 59.4 Å². The zero-order valence-electron chi connectivity index (χ0n) is 19.0. The molecule has 8 nitrogen and oxygen atoms in total. The number of aromatic nitrogens is 8. The van der Waals surface area contributed by atoms with E-state index in [0.29, 0.717) is 11.7 Å². The number of unbranched alkanes of at least 4 members (excludes halogenated alkanes) is 1. The van der Waals surface area contributed by atoms with E-state index in [1.54, 1.807) is 0 Å². The molecule has 0 amide bonds. The summed E-state index contributed by atoms with van der Waals surface area (Å²) in [6, 6.07) is 12.2. The number of hydrogen-bond donors (Lipinski definition) is 1. The third-order valence-corrected chi connectivity index (χ3v) is 5.37. The zero-order valence-corrected chi connectivity index (χ0v) is 19.0. The molecule has 4 aromatic rings. The van der Waals surface area contributed by atoms with Crippen LogP contribution in [0.3, 0.4) is 0 Å². The smallest absolute Gasteiger partial charge is 0.205 e. The lowest BCUT2D eigenvalue weighted by molar-refractivity contribution is 0.552. The fraction of sp³-hybridized carbons (Fsp3) is 0.417. The van der Waals surface area contributed by atoms with Crippen molar-refractivity contribution in [2.24, 2.45) is 5.92 Å². The first kappa shape index (κ1) is 21.8. The number of rotatable bonds is 10. The summed E-state index contributed by atoms with van der Waals surface area (Å²) in [6.07, 6.45) is 6.90. The molecule has 1 aromatic carbocycles. The van der Waals surface area contributed by atoms with E-state index in [4.69, 9.17) is 15.1 Å². The van der Waals surface area contributed by atoms with Gasteiger partial charge in [0, 0.05) is 48.8 Å². The van der Waals surface area contributed by atoms with Crippen molar-refractivity contribution in [2.75, 3.05) is 0 Å². The number of H-pyrrole nitrogens is 1. The number of tetrazole rings is 1. The molecule has 3 aromatic heterocycles. The fourth-order valence-electron chi connectivity index (χ4n) is 3.73. The second kappa shape index (κ2) is 10.3. The molecular weight excluding hydrogens is 400 g/mol. The van der Waals surface area contributed by atoms with Gasteiger partial charge in [0.1, 0.15) is 5.82 Å². The van der Waals surface area contributed by atoms with E-state index < -0.39 is 0 Å². The number of nitrogens with zero attached hydrogens (tertiary/aromatic N) is 7. The minimum absolute atomic E-state index is 0.550. The number of benzene rings is 1. The van der Waals surface area contributed by atoms with Gasteiger partial charge in [-0.2, -0.15) is 10.3 Å². The van der Waals surface area contributed by atoms with Crippen molar-refractivity contribution in [3.8, 4) is 22.5 Å². The SMILES string of the molecule is CCCCc1nc(CC(C)C)nn1CCc1ccc(-c2ccccc2-c2nn[nH]n2)cn1. The molecule has 0 aliphatic rings. The fourth-order valence-corrected chi connectivity index (χ4v) is 3.73. The average Bonchev–Trinajstić information content (AvgIpc) is 3.46. The van der Waals surface area contributed by atoms with Crippen LogP contribution < -0.4 is 0 Å². The van der Waals surface area contributed by atoms with Crippen molar-refractivity contribution < 1.29 is 0 Å². The summed E-state index contributed by atoms with van der Waals surface area (Å²) in [6.45, 7) is 7.40. The molecule has 0 saturated carbocycles. The Hall–Kier alpha value is -3.42.